The highest BCUT2D eigenvalue weighted by Crippen LogP contribution is 2.22. The van der Waals surface area contributed by atoms with Crippen molar-refractivity contribution in [2.75, 3.05) is 13.1 Å². The molecular weight excluding hydrogens is 216 g/mol. The summed E-state index contributed by atoms with van der Waals surface area (Å²) in [4.78, 5) is 18.0. The van der Waals surface area contributed by atoms with Gasteiger partial charge in [0, 0.05) is 19.3 Å². The smallest absolute Gasteiger partial charge is 0.276 e. The van der Waals surface area contributed by atoms with Crippen molar-refractivity contribution in [2.45, 2.75) is 26.2 Å². The lowest BCUT2D eigenvalue weighted by molar-refractivity contribution is 0.0662. The van der Waals surface area contributed by atoms with Gasteiger partial charge in [-0.1, -0.05) is 13.3 Å². The summed E-state index contributed by atoms with van der Waals surface area (Å²) in [6.07, 6.45) is 4.86. The molecule has 4 heteroatoms. The van der Waals surface area contributed by atoms with Crippen molar-refractivity contribution in [2.24, 2.45) is 5.92 Å². The number of amides is 1. The van der Waals surface area contributed by atoms with Gasteiger partial charge in [0.2, 0.25) is 0 Å². The third kappa shape index (κ3) is 2.57. The van der Waals surface area contributed by atoms with Crippen molar-refractivity contribution in [1.82, 2.24) is 9.88 Å². The third-order valence-corrected chi connectivity index (χ3v) is 3.37. The van der Waals surface area contributed by atoms with Crippen molar-refractivity contribution in [3.05, 3.63) is 24.0 Å². The minimum absolute atomic E-state index is 0.0314. The van der Waals surface area contributed by atoms with E-state index in [1.807, 2.05) is 0 Å². The van der Waals surface area contributed by atoms with Gasteiger partial charge in [-0.2, -0.15) is 0 Å². The number of aromatic nitrogens is 1. The highest BCUT2D eigenvalue weighted by atomic mass is 16.3. The van der Waals surface area contributed by atoms with Crippen molar-refractivity contribution < 1.29 is 9.90 Å². The first-order chi connectivity index (χ1) is 8.22. The molecule has 0 aliphatic carbocycles. The van der Waals surface area contributed by atoms with Crippen LogP contribution in [-0.4, -0.2) is 34.0 Å². The van der Waals surface area contributed by atoms with Gasteiger partial charge < -0.3 is 10.0 Å². The number of aromatic hydroxyl groups is 1. The molecule has 1 aliphatic rings. The topological polar surface area (TPSA) is 53.4 Å². The number of rotatable bonds is 2. The summed E-state index contributed by atoms with van der Waals surface area (Å²) in [5, 5.41) is 9.62. The van der Waals surface area contributed by atoms with E-state index in [2.05, 4.69) is 11.9 Å². The maximum Gasteiger partial charge on any atom is 0.276 e. The molecule has 1 amide bonds. The van der Waals surface area contributed by atoms with Gasteiger partial charge in [0.25, 0.3) is 5.91 Å². The summed E-state index contributed by atoms with van der Waals surface area (Å²) in [7, 11) is 0. The second-order valence-electron chi connectivity index (χ2n) is 4.54. The molecule has 0 radical (unpaired) electrons. The molecule has 17 heavy (non-hydrogen) atoms. The van der Waals surface area contributed by atoms with Crippen LogP contribution in [0, 0.1) is 5.92 Å². The minimum atomic E-state index is -0.152. The number of likely N-dealkylation sites (tertiary alicyclic amines) is 1. The summed E-state index contributed by atoms with van der Waals surface area (Å²) in [6, 6.07) is 3.12. The van der Waals surface area contributed by atoms with Crippen LogP contribution in [0.4, 0.5) is 0 Å². The number of hydrogen-bond acceptors (Lipinski definition) is 3. The van der Waals surface area contributed by atoms with Crippen LogP contribution in [0.3, 0.4) is 0 Å². The molecule has 2 heterocycles. The molecule has 2 rings (SSSR count). The summed E-state index contributed by atoms with van der Waals surface area (Å²) in [5.74, 6) is 0.399. The number of hydrogen-bond donors (Lipinski definition) is 1. The Bertz CT molecular complexity index is 406. The summed E-state index contributed by atoms with van der Waals surface area (Å²) < 4.78 is 0. The number of carbonyl (C=O) groups excluding carboxylic acids is 1. The standard InChI is InChI=1S/C13H18N2O2/c1-2-10-5-4-8-15(9-10)13(17)12-11(16)6-3-7-14-12/h3,6-7,10,16H,2,4-5,8-9H2,1H3. The lowest BCUT2D eigenvalue weighted by atomic mass is 9.95. The zero-order valence-electron chi connectivity index (χ0n) is 10.1. The average molecular weight is 234 g/mol. The van der Waals surface area contributed by atoms with Gasteiger partial charge in [-0.3, -0.25) is 4.79 Å². The van der Waals surface area contributed by atoms with E-state index in [4.69, 9.17) is 0 Å². The maximum absolute atomic E-state index is 12.2. The Hall–Kier alpha value is -1.58. The predicted molar refractivity (Wildman–Crippen MR) is 64.8 cm³/mol. The highest BCUT2D eigenvalue weighted by molar-refractivity contribution is 5.94. The predicted octanol–water partition coefficient (Wildman–Crippen LogP) is 2.05. The van der Waals surface area contributed by atoms with Gasteiger partial charge in [-0.25, -0.2) is 4.98 Å². The van der Waals surface area contributed by atoms with E-state index in [1.165, 1.54) is 18.7 Å². The van der Waals surface area contributed by atoms with Gasteiger partial charge in [0.1, 0.15) is 5.75 Å². The van der Waals surface area contributed by atoms with Crippen LogP contribution < -0.4 is 0 Å². The fourth-order valence-electron chi connectivity index (χ4n) is 2.29. The zero-order chi connectivity index (χ0) is 12.3. The highest BCUT2D eigenvalue weighted by Gasteiger charge is 2.25. The van der Waals surface area contributed by atoms with E-state index < -0.39 is 0 Å². The van der Waals surface area contributed by atoms with Gasteiger partial charge >= 0.3 is 0 Å². The summed E-state index contributed by atoms with van der Waals surface area (Å²) >= 11 is 0. The Morgan fingerprint density at radius 3 is 3.18 bits per heavy atom. The molecule has 0 saturated carbocycles. The molecule has 1 aromatic rings. The second-order valence-corrected chi connectivity index (χ2v) is 4.54. The largest absolute Gasteiger partial charge is 0.505 e. The fraction of sp³-hybridized carbons (Fsp3) is 0.538. The molecule has 1 unspecified atom stereocenters. The van der Waals surface area contributed by atoms with E-state index >= 15 is 0 Å². The molecule has 92 valence electrons. The molecule has 1 aromatic heterocycles. The Balaban J connectivity index is 2.12. The summed E-state index contributed by atoms with van der Waals surface area (Å²) in [6.45, 7) is 3.70. The molecule has 1 fully saturated rings. The SMILES string of the molecule is CCC1CCCN(C(=O)c2ncccc2O)C1. The Morgan fingerprint density at radius 1 is 1.65 bits per heavy atom. The zero-order valence-corrected chi connectivity index (χ0v) is 10.1. The van der Waals surface area contributed by atoms with E-state index in [-0.39, 0.29) is 17.4 Å². The Morgan fingerprint density at radius 2 is 2.47 bits per heavy atom. The lowest BCUT2D eigenvalue weighted by Gasteiger charge is -2.32. The number of nitrogens with zero attached hydrogens (tertiary/aromatic N) is 2. The van der Waals surface area contributed by atoms with Crippen molar-refractivity contribution >= 4 is 5.91 Å². The number of piperidine rings is 1. The molecule has 1 N–H and O–H groups in total. The van der Waals surface area contributed by atoms with E-state index in [0.717, 1.165) is 25.9 Å². The molecular formula is C13H18N2O2. The van der Waals surface area contributed by atoms with Gasteiger partial charge in [0.05, 0.1) is 0 Å². The van der Waals surface area contributed by atoms with Crippen LogP contribution in [0.5, 0.6) is 5.75 Å². The molecule has 0 bridgehead atoms. The van der Waals surface area contributed by atoms with Crippen LogP contribution in [0.1, 0.15) is 36.7 Å². The Kier molecular flexibility index (Phi) is 3.61. The van der Waals surface area contributed by atoms with Gasteiger partial charge in [-0.05, 0) is 30.9 Å². The third-order valence-electron chi connectivity index (χ3n) is 3.37. The fourth-order valence-corrected chi connectivity index (χ4v) is 2.29. The molecule has 4 nitrogen and oxygen atoms in total. The summed E-state index contributed by atoms with van der Waals surface area (Å²) in [5.41, 5.74) is 0.171. The van der Waals surface area contributed by atoms with Crippen molar-refractivity contribution in [3.8, 4) is 5.75 Å². The molecule has 1 aliphatic heterocycles. The molecule has 1 atom stereocenters. The number of carbonyl (C=O) groups is 1. The van der Waals surface area contributed by atoms with Crippen LogP contribution >= 0.6 is 0 Å². The average Bonchev–Trinajstić information content (AvgIpc) is 2.38. The van der Waals surface area contributed by atoms with E-state index in [9.17, 15) is 9.90 Å². The number of pyridine rings is 1. The maximum atomic E-state index is 12.2. The first-order valence-corrected chi connectivity index (χ1v) is 6.15. The van der Waals surface area contributed by atoms with Crippen molar-refractivity contribution in [1.29, 1.82) is 0 Å². The Labute approximate surface area is 101 Å². The van der Waals surface area contributed by atoms with E-state index in [1.54, 1.807) is 11.0 Å². The molecule has 0 aromatic carbocycles. The molecule has 1 saturated heterocycles. The molecule has 0 spiro atoms. The van der Waals surface area contributed by atoms with Gasteiger partial charge in [0.15, 0.2) is 5.69 Å². The monoisotopic (exact) mass is 234 g/mol. The quantitative estimate of drug-likeness (QED) is 0.852. The van der Waals surface area contributed by atoms with Crippen LogP contribution in [-0.2, 0) is 0 Å². The van der Waals surface area contributed by atoms with E-state index in [0.29, 0.717) is 5.92 Å². The van der Waals surface area contributed by atoms with Gasteiger partial charge in [-0.15, -0.1) is 0 Å². The first-order valence-electron chi connectivity index (χ1n) is 6.15. The van der Waals surface area contributed by atoms with Crippen LogP contribution in [0.25, 0.3) is 0 Å². The van der Waals surface area contributed by atoms with Crippen LogP contribution in [0.2, 0.25) is 0 Å². The van der Waals surface area contributed by atoms with Crippen molar-refractivity contribution in [3.63, 3.8) is 0 Å². The van der Waals surface area contributed by atoms with Crippen LogP contribution in [0.15, 0.2) is 18.3 Å². The lowest BCUT2D eigenvalue weighted by Crippen LogP contribution is -2.40. The normalized spacial score (nSPS) is 20.3. The first kappa shape index (κ1) is 11.9. The second kappa shape index (κ2) is 5.17. The minimum Gasteiger partial charge on any atom is -0.505 e.